The highest BCUT2D eigenvalue weighted by molar-refractivity contribution is 6.11. The van der Waals surface area contributed by atoms with Gasteiger partial charge < -0.3 is 4.90 Å². The monoisotopic (exact) mass is 253 g/mol. The van der Waals surface area contributed by atoms with Gasteiger partial charge in [-0.3, -0.25) is 4.79 Å². The van der Waals surface area contributed by atoms with E-state index in [1.54, 1.807) is 6.07 Å². The number of carbonyl (C=O) groups excluding carboxylic acids is 1. The summed E-state index contributed by atoms with van der Waals surface area (Å²) in [6.45, 7) is 0. The SMILES string of the molecule is O=C1c2cc(F)ccc2C2CCc3ccccc3N12. The Balaban J connectivity index is 1.91. The van der Waals surface area contributed by atoms with Crippen molar-refractivity contribution in [3.63, 3.8) is 0 Å². The Hall–Kier alpha value is -2.16. The normalized spacial score (nSPS) is 19.9. The molecule has 94 valence electrons. The number of hydrogen-bond donors (Lipinski definition) is 0. The Kier molecular flexibility index (Phi) is 2.07. The third-order valence-corrected chi connectivity index (χ3v) is 4.07. The molecule has 2 aliphatic rings. The topological polar surface area (TPSA) is 20.3 Å². The zero-order chi connectivity index (χ0) is 13.0. The number of anilines is 1. The summed E-state index contributed by atoms with van der Waals surface area (Å²) < 4.78 is 13.3. The molecule has 1 unspecified atom stereocenters. The van der Waals surface area contributed by atoms with Crippen LogP contribution in [0.4, 0.5) is 10.1 Å². The maximum absolute atomic E-state index is 13.3. The molecule has 0 radical (unpaired) electrons. The molecular weight excluding hydrogens is 241 g/mol. The van der Waals surface area contributed by atoms with Crippen LogP contribution in [0.25, 0.3) is 0 Å². The van der Waals surface area contributed by atoms with E-state index >= 15 is 0 Å². The maximum atomic E-state index is 13.3. The lowest BCUT2D eigenvalue weighted by atomic mass is 9.93. The molecule has 0 N–H and O–H groups in total. The fourth-order valence-electron chi connectivity index (χ4n) is 3.23. The Morgan fingerprint density at radius 3 is 2.89 bits per heavy atom. The molecule has 19 heavy (non-hydrogen) atoms. The largest absolute Gasteiger partial charge is 0.301 e. The smallest absolute Gasteiger partial charge is 0.259 e. The molecule has 2 heterocycles. The first-order valence-electron chi connectivity index (χ1n) is 6.46. The molecule has 3 heteroatoms. The fraction of sp³-hybridized carbons (Fsp3) is 0.188. The average molecular weight is 253 g/mol. The van der Waals surface area contributed by atoms with Gasteiger partial charge in [0.25, 0.3) is 5.91 Å². The van der Waals surface area contributed by atoms with Gasteiger partial charge in [-0.2, -0.15) is 0 Å². The number of para-hydroxylation sites is 1. The summed E-state index contributed by atoms with van der Waals surface area (Å²) in [7, 11) is 0. The van der Waals surface area contributed by atoms with Crippen LogP contribution >= 0.6 is 0 Å². The molecular formula is C16H12FNO. The highest BCUT2D eigenvalue weighted by Gasteiger charge is 2.40. The van der Waals surface area contributed by atoms with Crippen molar-refractivity contribution >= 4 is 11.6 Å². The molecule has 0 aliphatic carbocycles. The third-order valence-electron chi connectivity index (χ3n) is 4.07. The van der Waals surface area contributed by atoms with Crippen LogP contribution in [0.5, 0.6) is 0 Å². The quantitative estimate of drug-likeness (QED) is 0.704. The van der Waals surface area contributed by atoms with E-state index in [-0.39, 0.29) is 17.8 Å². The zero-order valence-corrected chi connectivity index (χ0v) is 10.3. The number of halogens is 1. The summed E-state index contributed by atoms with van der Waals surface area (Å²) in [6.07, 6.45) is 1.86. The number of nitrogens with zero attached hydrogens (tertiary/aromatic N) is 1. The van der Waals surface area contributed by atoms with Crippen molar-refractivity contribution in [3.8, 4) is 0 Å². The molecule has 0 aromatic heterocycles. The number of carbonyl (C=O) groups is 1. The molecule has 0 saturated carbocycles. The molecule has 2 aromatic rings. The molecule has 2 aliphatic heterocycles. The summed E-state index contributed by atoms with van der Waals surface area (Å²) in [4.78, 5) is 14.3. The van der Waals surface area contributed by atoms with Gasteiger partial charge >= 0.3 is 0 Å². The molecule has 4 rings (SSSR count). The van der Waals surface area contributed by atoms with Gasteiger partial charge in [0.15, 0.2) is 0 Å². The number of hydrogen-bond acceptors (Lipinski definition) is 1. The minimum Gasteiger partial charge on any atom is -0.301 e. The minimum atomic E-state index is -0.347. The van der Waals surface area contributed by atoms with Crippen LogP contribution in [0.2, 0.25) is 0 Å². The minimum absolute atomic E-state index is 0.0676. The average Bonchev–Trinajstić information content (AvgIpc) is 2.72. The second kappa shape index (κ2) is 3.67. The number of rotatable bonds is 0. The standard InChI is InChI=1S/C16H12FNO/c17-11-6-7-12-13(9-11)16(19)18-14-4-2-1-3-10(14)5-8-15(12)18/h1-4,6-7,9,15H,5,8H2. The third kappa shape index (κ3) is 1.38. The lowest BCUT2D eigenvalue weighted by molar-refractivity contribution is 0.0988. The van der Waals surface area contributed by atoms with Gasteiger partial charge in [0.2, 0.25) is 0 Å². The van der Waals surface area contributed by atoms with Crippen LogP contribution in [0.1, 0.15) is 33.9 Å². The van der Waals surface area contributed by atoms with Gasteiger partial charge in [-0.25, -0.2) is 4.39 Å². The fourth-order valence-corrected chi connectivity index (χ4v) is 3.23. The van der Waals surface area contributed by atoms with Crippen molar-refractivity contribution in [1.82, 2.24) is 0 Å². The number of fused-ring (bicyclic) bond motifs is 5. The van der Waals surface area contributed by atoms with E-state index in [0.29, 0.717) is 5.56 Å². The van der Waals surface area contributed by atoms with E-state index in [4.69, 9.17) is 0 Å². The van der Waals surface area contributed by atoms with Gasteiger partial charge in [0, 0.05) is 11.3 Å². The highest BCUT2D eigenvalue weighted by Crippen LogP contribution is 2.44. The number of amides is 1. The first-order valence-corrected chi connectivity index (χ1v) is 6.46. The predicted octanol–water partition coefficient (Wildman–Crippen LogP) is 3.47. The van der Waals surface area contributed by atoms with E-state index in [0.717, 1.165) is 24.1 Å². The number of benzene rings is 2. The van der Waals surface area contributed by atoms with Crippen LogP contribution in [0.15, 0.2) is 42.5 Å². The van der Waals surface area contributed by atoms with Gasteiger partial charge in [-0.15, -0.1) is 0 Å². The van der Waals surface area contributed by atoms with Gasteiger partial charge in [0.1, 0.15) is 5.82 Å². The van der Waals surface area contributed by atoms with Crippen molar-refractivity contribution in [2.24, 2.45) is 0 Å². The second-order valence-corrected chi connectivity index (χ2v) is 5.09. The van der Waals surface area contributed by atoms with Crippen LogP contribution < -0.4 is 4.90 Å². The van der Waals surface area contributed by atoms with Crippen molar-refractivity contribution in [2.75, 3.05) is 4.90 Å². The zero-order valence-electron chi connectivity index (χ0n) is 10.3. The van der Waals surface area contributed by atoms with Crippen LogP contribution in [0, 0.1) is 5.82 Å². The molecule has 1 atom stereocenters. The molecule has 0 saturated heterocycles. The van der Waals surface area contributed by atoms with Crippen LogP contribution in [-0.2, 0) is 6.42 Å². The summed E-state index contributed by atoms with van der Waals surface area (Å²) >= 11 is 0. The lowest BCUT2D eigenvalue weighted by Gasteiger charge is -2.32. The van der Waals surface area contributed by atoms with Gasteiger partial charge in [-0.05, 0) is 42.2 Å². The molecule has 2 aromatic carbocycles. The predicted molar refractivity (Wildman–Crippen MR) is 70.7 cm³/mol. The van der Waals surface area contributed by atoms with Crippen LogP contribution in [-0.4, -0.2) is 5.91 Å². The molecule has 2 nitrogen and oxygen atoms in total. The van der Waals surface area contributed by atoms with E-state index < -0.39 is 0 Å². The number of aryl methyl sites for hydroxylation is 1. The van der Waals surface area contributed by atoms with E-state index in [1.807, 2.05) is 23.1 Å². The maximum Gasteiger partial charge on any atom is 0.259 e. The molecule has 0 fully saturated rings. The first-order chi connectivity index (χ1) is 9.25. The summed E-state index contributed by atoms with van der Waals surface area (Å²) in [5.74, 6) is -0.424. The van der Waals surface area contributed by atoms with Gasteiger partial charge in [0.05, 0.1) is 6.04 Å². The highest BCUT2D eigenvalue weighted by atomic mass is 19.1. The van der Waals surface area contributed by atoms with E-state index in [1.165, 1.54) is 17.7 Å². The molecule has 0 spiro atoms. The molecule has 0 bridgehead atoms. The van der Waals surface area contributed by atoms with E-state index in [2.05, 4.69) is 6.07 Å². The summed E-state index contributed by atoms with van der Waals surface area (Å²) in [5, 5.41) is 0. The summed E-state index contributed by atoms with van der Waals surface area (Å²) in [5.41, 5.74) is 3.64. The Morgan fingerprint density at radius 2 is 2.00 bits per heavy atom. The Labute approximate surface area is 110 Å². The van der Waals surface area contributed by atoms with Crippen LogP contribution in [0.3, 0.4) is 0 Å². The van der Waals surface area contributed by atoms with Gasteiger partial charge in [-0.1, -0.05) is 24.3 Å². The second-order valence-electron chi connectivity index (χ2n) is 5.09. The lowest BCUT2D eigenvalue weighted by Crippen LogP contribution is -2.31. The van der Waals surface area contributed by atoms with Crippen molar-refractivity contribution in [1.29, 1.82) is 0 Å². The Morgan fingerprint density at radius 1 is 1.16 bits per heavy atom. The van der Waals surface area contributed by atoms with Crippen molar-refractivity contribution < 1.29 is 9.18 Å². The molecule has 1 amide bonds. The first kappa shape index (κ1) is 10.7. The van der Waals surface area contributed by atoms with Crippen molar-refractivity contribution in [2.45, 2.75) is 18.9 Å². The van der Waals surface area contributed by atoms with Crippen molar-refractivity contribution in [3.05, 3.63) is 65.0 Å². The summed E-state index contributed by atoms with van der Waals surface area (Å²) in [6, 6.07) is 12.6. The van der Waals surface area contributed by atoms with E-state index in [9.17, 15) is 9.18 Å². The Bertz CT molecular complexity index is 695.